The maximum absolute atomic E-state index is 12.5. The van der Waals surface area contributed by atoms with E-state index >= 15 is 0 Å². The van der Waals surface area contributed by atoms with Crippen molar-refractivity contribution in [1.29, 1.82) is 5.26 Å². The van der Waals surface area contributed by atoms with Crippen molar-refractivity contribution in [1.82, 2.24) is 5.32 Å². The van der Waals surface area contributed by atoms with Crippen LogP contribution in [0.2, 0.25) is 0 Å². The van der Waals surface area contributed by atoms with Crippen molar-refractivity contribution in [3.63, 3.8) is 0 Å². The highest BCUT2D eigenvalue weighted by Gasteiger charge is 2.30. The van der Waals surface area contributed by atoms with Gasteiger partial charge in [-0.25, -0.2) is 0 Å². The molecule has 0 fully saturated rings. The lowest BCUT2D eigenvalue weighted by molar-refractivity contribution is -0.112. The van der Waals surface area contributed by atoms with E-state index in [1.54, 1.807) is 24.3 Å². The van der Waals surface area contributed by atoms with E-state index < -0.39 is 17.7 Å². The van der Waals surface area contributed by atoms with E-state index in [-0.39, 0.29) is 29.2 Å². The highest BCUT2D eigenvalue weighted by atomic mass is 16.7. The predicted octanol–water partition coefficient (Wildman–Crippen LogP) is 1.84. The number of imide groups is 1. The minimum absolute atomic E-state index is 0.0798. The second-order valence-corrected chi connectivity index (χ2v) is 5.75. The van der Waals surface area contributed by atoms with Crippen molar-refractivity contribution < 1.29 is 23.9 Å². The fourth-order valence-electron chi connectivity index (χ4n) is 2.83. The molecule has 0 aliphatic carbocycles. The number of ether oxygens (including phenoxy) is 2. The summed E-state index contributed by atoms with van der Waals surface area (Å²) in [6.45, 7) is 0.119. The summed E-state index contributed by atoms with van der Waals surface area (Å²) in [6, 6.07) is 11.4. The molecule has 0 unspecified atom stereocenters. The smallest absolute Gasteiger partial charge is 0.266 e. The van der Waals surface area contributed by atoms with Crippen LogP contribution in [0.5, 0.6) is 11.5 Å². The summed E-state index contributed by atoms with van der Waals surface area (Å²) in [5.74, 6) is -0.703. The van der Waals surface area contributed by atoms with E-state index in [9.17, 15) is 19.6 Å². The second-order valence-electron chi connectivity index (χ2n) is 5.75. The van der Waals surface area contributed by atoms with Gasteiger partial charge < -0.3 is 14.8 Å². The van der Waals surface area contributed by atoms with E-state index in [1.165, 1.54) is 18.2 Å². The molecule has 8 heteroatoms. The van der Waals surface area contributed by atoms with Gasteiger partial charge in [-0.15, -0.1) is 0 Å². The first-order valence-corrected chi connectivity index (χ1v) is 7.88. The minimum atomic E-state index is -0.698. The van der Waals surface area contributed by atoms with Gasteiger partial charge in [0, 0.05) is 0 Å². The zero-order valence-electron chi connectivity index (χ0n) is 13.7. The number of amides is 3. The normalized spacial score (nSPS) is 14.4. The fourth-order valence-corrected chi connectivity index (χ4v) is 2.83. The van der Waals surface area contributed by atoms with Gasteiger partial charge in [0.2, 0.25) is 6.79 Å². The zero-order chi connectivity index (χ0) is 19.0. The number of carbonyl (C=O) groups is 3. The van der Waals surface area contributed by atoms with Gasteiger partial charge >= 0.3 is 0 Å². The molecule has 132 valence electrons. The average Bonchev–Trinajstić information content (AvgIpc) is 3.24. The first-order valence-electron chi connectivity index (χ1n) is 7.88. The summed E-state index contributed by atoms with van der Waals surface area (Å²) in [5.41, 5.74) is 0.827. The number of carbonyl (C=O) groups excluding carboxylic acids is 3. The Labute approximate surface area is 153 Å². The van der Waals surface area contributed by atoms with Gasteiger partial charge in [-0.1, -0.05) is 12.1 Å². The molecule has 2 aromatic rings. The van der Waals surface area contributed by atoms with E-state index in [0.29, 0.717) is 17.1 Å². The van der Waals surface area contributed by atoms with Crippen LogP contribution in [-0.2, 0) is 4.79 Å². The number of hydrogen-bond donors (Lipinski definition) is 2. The van der Waals surface area contributed by atoms with Crippen LogP contribution in [0.4, 0.5) is 5.69 Å². The Morgan fingerprint density at radius 1 is 1.15 bits per heavy atom. The molecule has 2 aromatic carbocycles. The second kappa shape index (κ2) is 6.31. The molecule has 0 aromatic heterocycles. The average molecular weight is 361 g/mol. The molecule has 0 bridgehead atoms. The van der Waals surface area contributed by atoms with E-state index in [4.69, 9.17) is 9.47 Å². The van der Waals surface area contributed by atoms with E-state index in [0.717, 1.165) is 0 Å². The maximum Gasteiger partial charge on any atom is 0.266 e. The number of rotatable bonds is 3. The summed E-state index contributed by atoms with van der Waals surface area (Å²) in [6.07, 6.45) is 1.39. The highest BCUT2D eigenvalue weighted by Crippen LogP contribution is 2.33. The van der Waals surface area contributed by atoms with Crippen LogP contribution in [-0.4, -0.2) is 24.5 Å². The Morgan fingerprint density at radius 3 is 2.78 bits per heavy atom. The maximum atomic E-state index is 12.5. The number of fused-ring (bicyclic) bond motifs is 2. The van der Waals surface area contributed by atoms with Crippen LogP contribution in [0.1, 0.15) is 26.3 Å². The molecule has 0 spiro atoms. The first-order chi connectivity index (χ1) is 13.1. The van der Waals surface area contributed by atoms with Gasteiger partial charge in [0.25, 0.3) is 17.7 Å². The Balaban J connectivity index is 1.62. The van der Waals surface area contributed by atoms with Crippen LogP contribution in [0.3, 0.4) is 0 Å². The van der Waals surface area contributed by atoms with Crippen LogP contribution in [0.25, 0.3) is 6.08 Å². The monoisotopic (exact) mass is 361 g/mol. The highest BCUT2D eigenvalue weighted by molar-refractivity contribution is 6.25. The molecule has 2 aliphatic heterocycles. The summed E-state index contributed by atoms with van der Waals surface area (Å²) < 4.78 is 10.5. The molecule has 2 aliphatic rings. The number of nitrogens with one attached hydrogen (secondary N) is 2. The van der Waals surface area contributed by atoms with Gasteiger partial charge in [-0.3, -0.25) is 19.7 Å². The van der Waals surface area contributed by atoms with Crippen LogP contribution in [0.15, 0.2) is 42.0 Å². The van der Waals surface area contributed by atoms with Crippen LogP contribution < -0.4 is 20.1 Å². The number of anilines is 1. The molecular weight excluding hydrogens is 350 g/mol. The van der Waals surface area contributed by atoms with Crippen molar-refractivity contribution >= 4 is 29.5 Å². The number of nitriles is 1. The Bertz CT molecular complexity index is 1080. The Kier molecular flexibility index (Phi) is 3.82. The van der Waals surface area contributed by atoms with Gasteiger partial charge in [-0.2, -0.15) is 5.26 Å². The quantitative estimate of drug-likeness (QED) is 0.489. The van der Waals surface area contributed by atoms with Crippen LogP contribution >= 0.6 is 0 Å². The molecule has 0 saturated heterocycles. The van der Waals surface area contributed by atoms with E-state index in [2.05, 4.69) is 10.6 Å². The molecule has 2 heterocycles. The molecule has 27 heavy (non-hydrogen) atoms. The summed E-state index contributed by atoms with van der Waals surface area (Å²) >= 11 is 0. The van der Waals surface area contributed by atoms with Crippen molar-refractivity contribution in [3.05, 3.63) is 58.7 Å². The van der Waals surface area contributed by atoms with Crippen molar-refractivity contribution in [2.24, 2.45) is 0 Å². The largest absolute Gasteiger partial charge is 0.454 e. The number of benzene rings is 2. The van der Waals surface area contributed by atoms with Crippen molar-refractivity contribution in [2.75, 3.05) is 12.1 Å². The summed E-state index contributed by atoms with van der Waals surface area (Å²) in [7, 11) is 0. The third-order valence-electron chi connectivity index (χ3n) is 4.08. The van der Waals surface area contributed by atoms with Crippen molar-refractivity contribution in [2.45, 2.75) is 0 Å². The molecule has 0 atom stereocenters. The predicted molar refractivity (Wildman–Crippen MR) is 93.0 cm³/mol. The van der Waals surface area contributed by atoms with Gasteiger partial charge in [-0.05, 0) is 35.9 Å². The van der Waals surface area contributed by atoms with Crippen LogP contribution in [0, 0.1) is 11.3 Å². The lowest BCUT2D eigenvalue weighted by atomic mass is 10.1. The third kappa shape index (κ3) is 2.87. The van der Waals surface area contributed by atoms with Gasteiger partial charge in [0.1, 0.15) is 11.6 Å². The summed E-state index contributed by atoms with van der Waals surface area (Å²) in [5, 5.41) is 14.0. The Hall–Kier alpha value is -4.12. The van der Waals surface area contributed by atoms with Gasteiger partial charge in [0.15, 0.2) is 11.5 Å². The zero-order valence-corrected chi connectivity index (χ0v) is 13.7. The Morgan fingerprint density at radius 2 is 1.96 bits per heavy atom. The van der Waals surface area contributed by atoms with Gasteiger partial charge in [0.05, 0.1) is 16.8 Å². The van der Waals surface area contributed by atoms with E-state index in [1.807, 2.05) is 6.07 Å². The standard InChI is InChI=1S/C19H11N3O5/c20-8-11(6-10-4-5-14-15(7-10)27-9-26-14)17(23)21-13-3-1-2-12-16(13)19(25)22-18(12)24/h1-7H,9H2,(H,21,23)(H,22,24,25)/b11-6+. The molecule has 2 N–H and O–H groups in total. The first kappa shape index (κ1) is 16.4. The van der Waals surface area contributed by atoms with Crippen molar-refractivity contribution in [3.8, 4) is 17.6 Å². The third-order valence-corrected chi connectivity index (χ3v) is 4.08. The lowest BCUT2D eigenvalue weighted by Gasteiger charge is -2.07. The molecule has 0 saturated carbocycles. The SMILES string of the molecule is N#C/C(=C\c1ccc2c(c1)OCO2)C(=O)Nc1cccc2c1C(=O)NC2=O. The topological polar surface area (TPSA) is 118 Å². The lowest BCUT2D eigenvalue weighted by Crippen LogP contribution is -2.21. The number of nitrogens with zero attached hydrogens (tertiary/aromatic N) is 1. The molecule has 0 radical (unpaired) electrons. The molecule has 8 nitrogen and oxygen atoms in total. The minimum Gasteiger partial charge on any atom is -0.454 e. The number of hydrogen-bond acceptors (Lipinski definition) is 6. The fraction of sp³-hybridized carbons (Fsp3) is 0.0526. The molecule has 4 rings (SSSR count). The summed E-state index contributed by atoms with van der Waals surface area (Å²) in [4.78, 5) is 36.1. The molecular formula is C19H11N3O5. The molecule has 3 amide bonds.